The van der Waals surface area contributed by atoms with Gasteiger partial charge in [-0.1, -0.05) is 41.4 Å². The minimum absolute atomic E-state index is 0.206. The number of halogens is 1. The Morgan fingerprint density at radius 2 is 1.87 bits per heavy atom. The molecule has 2 rings (SSSR count). The summed E-state index contributed by atoms with van der Waals surface area (Å²) in [6.07, 6.45) is 1.62. The van der Waals surface area contributed by atoms with Crippen molar-refractivity contribution in [3.63, 3.8) is 0 Å². The van der Waals surface area contributed by atoms with Crippen LogP contribution in [0.3, 0.4) is 0 Å². The second kappa shape index (κ2) is 7.79. The van der Waals surface area contributed by atoms with E-state index in [1.54, 1.807) is 19.2 Å². The smallest absolute Gasteiger partial charge is 0.262 e. The van der Waals surface area contributed by atoms with E-state index in [0.29, 0.717) is 5.02 Å². The van der Waals surface area contributed by atoms with Gasteiger partial charge in [-0.05, 0) is 50.1 Å². The van der Waals surface area contributed by atoms with E-state index in [1.165, 1.54) is 5.56 Å². The highest BCUT2D eigenvalue weighted by Gasteiger charge is 2.12. The van der Waals surface area contributed by atoms with Crippen molar-refractivity contribution in [2.45, 2.75) is 26.8 Å². The zero-order valence-electron chi connectivity index (χ0n) is 13.4. The first kappa shape index (κ1) is 17.0. The summed E-state index contributed by atoms with van der Waals surface area (Å²) in [5.74, 6) is -0.206. The van der Waals surface area contributed by atoms with Crippen molar-refractivity contribution in [3.8, 4) is 0 Å². The molecule has 0 saturated carbocycles. The van der Waals surface area contributed by atoms with Crippen molar-refractivity contribution in [1.82, 2.24) is 5.43 Å². The van der Waals surface area contributed by atoms with Crippen LogP contribution in [0.15, 0.2) is 47.6 Å². The van der Waals surface area contributed by atoms with Crippen LogP contribution in [-0.2, 0) is 4.79 Å². The molecule has 120 valence electrons. The van der Waals surface area contributed by atoms with Gasteiger partial charge < -0.3 is 5.32 Å². The Morgan fingerprint density at radius 1 is 1.17 bits per heavy atom. The van der Waals surface area contributed by atoms with Crippen LogP contribution in [-0.4, -0.2) is 18.2 Å². The molecule has 4 nitrogen and oxygen atoms in total. The molecule has 1 amide bonds. The van der Waals surface area contributed by atoms with Gasteiger partial charge in [0.15, 0.2) is 0 Å². The molecular weight excluding hydrogens is 310 g/mol. The van der Waals surface area contributed by atoms with E-state index in [-0.39, 0.29) is 5.91 Å². The van der Waals surface area contributed by atoms with E-state index in [4.69, 9.17) is 11.6 Å². The third kappa shape index (κ3) is 5.11. The van der Waals surface area contributed by atoms with E-state index in [1.807, 2.05) is 50.2 Å². The zero-order chi connectivity index (χ0) is 16.8. The third-order valence-corrected chi connectivity index (χ3v) is 3.65. The molecular formula is C18H20ClN3O. The number of nitrogens with zero attached hydrogens (tertiary/aromatic N) is 1. The number of carbonyl (C=O) groups is 1. The predicted molar refractivity (Wildman–Crippen MR) is 96.2 cm³/mol. The summed E-state index contributed by atoms with van der Waals surface area (Å²) in [5, 5.41) is 7.81. The molecule has 0 saturated heterocycles. The zero-order valence-corrected chi connectivity index (χ0v) is 14.2. The maximum atomic E-state index is 12.1. The first-order chi connectivity index (χ1) is 11.0. The average molecular weight is 330 g/mol. The fourth-order valence-corrected chi connectivity index (χ4v) is 2.23. The van der Waals surface area contributed by atoms with Gasteiger partial charge in [-0.25, -0.2) is 5.43 Å². The lowest BCUT2D eigenvalue weighted by Gasteiger charge is -2.15. The Bertz CT molecular complexity index is 711. The van der Waals surface area contributed by atoms with Crippen LogP contribution in [0.1, 0.15) is 23.6 Å². The summed E-state index contributed by atoms with van der Waals surface area (Å²) in [4.78, 5) is 12.1. The van der Waals surface area contributed by atoms with E-state index < -0.39 is 6.04 Å². The summed E-state index contributed by atoms with van der Waals surface area (Å²) in [6, 6.07) is 13.0. The van der Waals surface area contributed by atoms with Crippen molar-refractivity contribution in [3.05, 3.63) is 64.2 Å². The Morgan fingerprint density at radius 3 is 2.52 bits per heavy atom. The molecule has 0 heterocycles. The average Bonchev–Trinajstić information content (AvgIpc) is 2.51. The fourth-order valence-electron chi connectivity index (χ4n) is 2.01. The Kier molecular flexibility index (Phi) is 5.77. The Labute approximate surface area is 141 Å². The number of benzene rings is 2. The Hall–Kier alpha value is -2.33. The number of hydrogen-bond acceptors (Lipinski definition) is 3. The maximum absolute atomic E-state index is 12.1. The Balaban J connectivity index is 1.90. The van der Waals surface area contributed by atoms with Crippen LogP contribution in [0.2, 0.25) is 5.02 Å². The molecule has 0 aliphatic rings. The highest BCUT2D eigenvalue weighted by atomic mass is 35.5. The number of amides is 1. The quantitative estimate of drug-likeness (QED) is 0.645. The first-order valence-electron chi connectivity index (χ1n) is 7.38. The molecule has 2 N–H and O–H groups in total. The second-order valence-electron chi connectivity index (χ2n) is 5.47. The topological polar surface area (TPSA) is 53.5 Å². The molecule has 2 aromatic rings. The van der Waals surface area contributed by atoms with Gasteiger partial charge in [0.1, 0.15) is 6.04 Å². The molecule has 0 fully saturated rings. The van der Waals surface area contributed by atoms with Crippen molar-refractivity contribution in [2.75, 3.05) is 5.32 Å². The first-order valence-corrected chi connectivity index (χ1v) is 7.76. The number of hydrazone groups is 1. The van der Waals surface area contributed by atoms with Crippen LogP contribution in [0.4, 0.5) is 5.69 Å². The molecule has 0 aliphatic heterocycles. The second-order valence-corrected chi connectivity index (χ2v) is 5.91. The standard InChI is InChI=1S/C18H20ClN3O/c1-12-4-6-15(7-5-12)11-20-22-18(23)14(3)21-17-9-8-16(19)10-13(17)2/h4-11,14,21H,1-3H3,(H,22,23)/t14-/m0/s1. The monoisotopic (exact) mass is 329 g/mol. The van der Waals surface area contributed by atoms with E-state index in [2.05, 4.69) is 15.8 Å². The van der Waals surface area contributed by atoms with Gasteiger partial charge in [-0.2, -0.15) is 5.10 Å². The lowest BCUT2D eigenvalue weighted by atomic mass is 10.2. The molecule has 2 aromatic carbocycles. The highest BCUT2D eigenvalue weighted by Crippen LogP contribution is 2.20. The summed E-state index contributed by atoms with van der Waals surface area (Å²) in [7, 11) is 0. The minimum atomic E-state index is -0.412. The molecule has 0 aliphatic carbocycles. The molecule has 23 heavy (non-hydrogen) atoms. The largest absolute Gasteiger partial charge is 0.374 e. The van der Waals surface area contributed by atoms with Crippen LogP contribution >= 0.6 is 11.6 Å². The number of nitrogens with one attached hydrogen (secondary N) is 2. The lowest BCUT2D eigenvalue weighted by molar-refractivity contribution is -0.121. The van der Waals surface area contributed by atoms with Crippen LogP contribution in [0.5, 0.6) is 0 Å². The van der Waals surface area contributed by atoms with Crippen molar-refractivity contribution in [2.24, 2.45) is 5.10 Å². The molecule has 0 aromatic heterocycles. The molecule has 0 radical (unpaired) electrons. The molecule has 0 spiro atoms. The van der Waals surface area contributed by atoms with Gasteiger partial charge in [0.05, 0.1) is 6.21 Å². The molecule has 1 atom stereocenters. The highest BCUT2D eigenvalue weighted by molar-refractivity contribution is 6.30. The van der Waals surface area contributed by atoms with E-state index >= 15 is 0 Å². The van der Waals surface area contributed by atoms with Gasteiger partial charge in [-0.3, -0.25) is 4.79 Å². The lowest BCUT2D eigenvalue weighted by Crippen LogP contribution is -2.35. The van der Waals surface area contributed by atoms with Crippen LogP contribution in [0, 0.1) is 13.8 Å². The minimum Gasteiger partial charge on any atom is -0.374 e. The summed E-state index contributed by atoms with van der Waals surface area (Å²) in [5.41, 5.74) is 6.52. The van der Waals surface area contributed by atoms with Gasteiger partial charge in [-0.15, -0.1) is 0 Å². The maximum Gasteiger partial charge on any atom is 0.262 e. The van der Waals surface area contributed by atoms with E-state index in [9.17, 15) is 4.79 Å². The van der Waals surface area contributed by atoms with Crippen LogP contribution < -0.4 is 10.7 Å². The summed E-state index contributed by atoms with van der Waals surface area (Å²) in [6.45, 7) is 5.74. The molecule has 5 heteroatoms. The fraction of sp³-hybridized carbons (Fsp3) is 0.222. The molecule has 0 bridgehead atoms. The van der Waals surface area contributed by atoms with Gasteiger partial charge >= 0.3 is 0 Å². The van der Waals surface area contributed by atoms with Crippen LogP contribution in [0.25, 0.3) is 0 Å². The van der Waals surface area contributed by atoms with Gasteiger partial charge in [0, 0.05) is 10.7 Å². The number of hydrogen-bond donors (Lipinski definition) is 2. The summed E-state index contributed by atoms with van der Waals surface area (Å²) < 4.78 is 0. The SMILES string of the molecule is Cc1ccc(C=NNC(=O)[C@H](C)Nc2ccc(Cl)cc2C)cc1. The number of aryl methyl sites for hydroxylation is 2. The van der Waals surface area contributed by atoms with Gasteiger partial charge in [0.25, 0.3) is 5.91 Å². The number of anilines is 1. The van der Waals surface area contributed by atoms with Crippen molar-refractivity contribution >= 4 is 29.4 Å². The number of rotatable bonds is 5. The predicted octanol–water partition coefficient (Wildman–Crippen LogP) is 3.91. The van der Waals surface area contributed by atoms with E-state index in [0.717, 1.165) is 16.8 Å². The van der Waals surface area contributed by atoms with Crippen molar-refractivity contribution < 1.29 is 4.79 Å². The van der Waals surface area contributed by atoms with Gasteiger partial charge in [0.2, 0.25) is 0 Å². The molecule has 0 unspecified atom stereocenters. The number of carbonyl (C=O) groups excluding carboxylic acids is 1. The van der Waals surface area contributed by atoms with Crippen molar-refractivity contribution in [1.29, 1.82) is 0 Å². The normalized spacial score (nSPS) is 12.2. The third-order valence-electron chi connectivity index (χ3n) is 3.42. The summed E-state index contributed by atoms with van der Waals surface area (Å²) >= 11 is 5.93.